The number of hydrogen-bond acceptors (Lipinski definition) is 1. The topological polar surface area (TPSA) is 20.2 Å². The number of unbranched alkanes of at least 4 members (excludes halogenated alkanes) is 3. The normalized spacial score (nSPS) is 15.0. The largest absolute Gasteiger partial charge is 0.390 e. The molecule has 0 unspecified atom stereocenters. The molecule has 0 amide bonds. The number of halogens is 11. The second-order valence-electron chi connectivity index (χ2n) is 5.25. The highest BCUT2D eigenvalue weighted by Gasteiger charge is 2.79. The molecule has 146 valence electrons. The van der Waals surface area contributed by atoms with Crippen LogP contribution in [-0.4, -0.2) is 41.6 Å². The van der Waals surface area contributed by atoms with Gasteiger partial charge >= 0.3 is 29.9 Å². The zero-order valence-corrected chi connectivity index (χ0v) is 12.1. The summed E-state index contributed by atoms with van der Waals surface area (Å²) < 4.78 is 139. The van der Waals surface area contributed by atoms with Gasteiger partial charge in [0.1, 0.15) is 6.61 Å². The van der Waals surface area contributed by atoms with Crippen LogP contribution in [0.4, 0.5) is 48.3 Å². The zero-order chi connectivity index (χ0) is 19.4. The molecule has 0 aromatic heterocycles. The third-order valence-corrected chi connectivity index (χ3v) is 3.21. The fraction of sp³-hybridized carbons (Fsp3) is 1.00. The van der Waals surface area contributed by atoms with Crippen LogP contribution in [0.25, 0.3) is 0 Å². The van der Waals surface area contributed by atoms with Gasteiger partial charge in [0.25, 0.3) is 0 Å². The second kappa shape index (κ2) is 7.61. The minimum Gasteiger partial charge on any atom is -0.390 e. The standard InChI is InChI=1S/C12H15F11O/c13-8(14,5-3-1-2-4-6-10(17,18)19)11(20,21)12(22,23)9(15,16)7-24/h24H,1-7H2. The lowest BCUT2D eigenvalue weighted by molar-refractivity contribution is -0.371. The van der Waals surface area contributed by atoms with Crippen LogP contribution in [0.3, 0.4) is 0 Å². The van der Waals surface area contributed by atoms with Gasteiger partial charge in [-0.15, -0.1) is 0 Å². The summed E-state index contributed by atoms with van der Waals surface area (Å²) in [4.78, 5) is 0. The van der Waals surface area contributed by atoms with Gasteiger partial charge in [0.05, 0.1) is 0 Å². The molecular formula is C12H15F11O. The number of alkyl halides is 11. The fourth-order valence-electron chi connectivity index (χ4n) is 1.74. The molecule has 0 fully saturated rings. The SMILES string of the molecule is OCC(F)(F)C(F)(F)C(F)(F)C(F)(F)CCCCCCC(F)(F)F. The van der Waals surface area contributed by atoms with Gasteiger partial charge in [-0.05, 0) is 12.8 Å². The molecule has 0 aliphatic carbocycles. The van der Waals surface area contributed by atoms with Crippen LogP contribution in [0.5, 0.6) is 0 Å². The molecule has 0 saturated heterocycles. The first-order valence-electron chi connectivity index (χ1n) is 6.71. The summed E-state index contributed by atoms with van der Waals surface area (Å²) in [5.74, 6) is -24.3. The number of aliphatic hydroxyl groups is 1. The molecule has 0 heterocycles. The summed E-state index contributed by atoms with van der Waals surface area (Å²) in [6, 6.07) is 0. The summed E-state index contributed by atoms with van der Waals surface area (Å²) in [5, 5.41) is 8.00. The van der Waals surface area contributed by atoms with Gasteiger partial charge in [-0.1, -0.05) is 12.8 Å². The molecule has 0 aromatic rings. The van der Waals surface area contributed by atoms with Gasteiger partial charge in [0.2, 0.25) is 0 Å². The molecule has 0 atom stereocenters. The third-order valence-electron chi connectivity index (χ3n) is 3.21. The smallest absolute Gasteiger partial charge is 0.389 e. The Labute approximate surface area is 129 Å². The van der Waals surface area contributed by atoms with E-state index in [1.807, 2.05) is 0 Å². The monoisotopic (exact) mass is 384 g/mol. The lowest BCUT2D eigenvalue weighted by atomic mass is 9.95. The summed E-state index contributed by atoms with van der Waals surface area (Å²) in [6.07, 6.45) is -9.61. The average Bonchev–Trinajstić information content (AvgIpc) is 2.40. The predicted molar refractivity (Wildman–Crippen MR) is 60.6 cm³/mol. The summed E-state index contributed by atoms with van der Waals surface area (Å²) >= 11 is 0. The van der Waals surface area contributed by atoms with Crippen LogP contribution in [0.1, 0.15) is 38.5 Å². The molecule has 12 heteroatoms. The van der Waals surface area contributed by atoms with E-state index in [-0.39, 0.29) is 6.42 Å². The van der Waals surface area contributed by atoms with Crippen molar-refractivity contribution in [1.29, 1.82) is 0 Å². The highest BCUT2D eigenvalue weighted by Crippen LogP contribution is 2.53. The minimum atomic E-state index is -6.51. The maximum absolute atomic E-state index is 13.2. The van der Waals surface area contributed by atoms with E-state index in [0.717, 1.165) is 0 Å². The van der Waals surface area contributed by atoms with E-state index >= 15 is 0 Å². The number of hydrogen-bond donors (Lipinski definition) is 1. The van der Waals surface area contributed by atoms with E-state index in [9.17, 15) is 48.3 Å². The van der Waals surface area contributed by atoms with Crippen LogP contribution in [-0.2, 0) is 0 Å². The molecule has 0 rings (SSSR count). The Morgan fingerprint density at radius 1 is 0.500 bits per heavy atom. The first-order valence-corrected chi connectivity index (χ1v) is 6.71. The van der Waals surface area contributed by atoms with Crippen molar-refractivity contribution < 1.29 is 53.4 Å². The Hall–Kier alpha value is -0.810. The maximum atomic E-state index is 13.2. The molecule has 0 aliphatic rings. The number of aliphatic hydroxyl groups excluding tert-OH is 1. The Morgan fingerprint density at radius 2 is 0.875 bits per heavy atom. The molecule has 0 aromatic carbocycles. The van der Waals surface area contributed by atoms with Crippen molar-refractivity contribution in [2.24, 2.45) is 0 Å². The fourth-order valence-corrected chi connectivity index (χ4v) is 1.74. The highest BCUT2D eigenvalue weighted by atomic mass is 19.4. The predicted octanol–water partition coefficient (Wildman–Crippen LogP) is 5.42. The van der Waals surface area contributed by atoms with Crippen LogP contribution in [0.2, 0.25) is 0 Å². The van der Waals surface area contributed by atoms with Crippen molar-refractivity contribution in [1.82, 2.24) is 0 Å². The van der Waals surface area contributed by atoms with Crippen molar-refractivity contribution in [3.05, 3.63) is 0 Å². The molecule has 1 nitrogen and oxygen atoms in total. The van der Waals surface area contributed by atoms with Crippen LogP contribution in [0.15, 0.2) is 0 Å². The van der Waals surface area contributed by atoms with E-state index in [2.05, 4.69) is 0 Å². The lowest BCUT2D eigenvalue weighted by Gasteiger charge is -2.36. The molecule has 24 heavy (non-hydrogen) atoms. The Morgan fingerprint density at radius 3 is 1.25 bits per heavy atom. The second-order valence-corrected chi connectivity index (χ2v) is 5.25. The molecule has 0 spiro atoms. The first-order chi connectivity index (χ1) is 10.5. The van der Waals surface area contributed by atoms with E-state index in [4.69, 9.17) is 5.11 Å². The first kappa shape index (κ1) is 23.2. The van der Waals surface area contributed by atoms with Crippen molar-refractivity contribution >= 4 is 0 Å². The van der Waals surface area contributed by atoms with Gasteiger partial charge in [-0.25, -0.2) is 0 Å². The van der Waals surface area contributed by atoms with Gasteiger partial charge in [-0.2, -0.15) is 48.3 Å². The minimum absolute atomic E-state index is 0.273. The summed E-state index contributed by atoms with van der Waals surface area (Å²) in [7, 11) is 0. The van der Waals surface area contributed by atoms with Crippen molar-refractivity contribution in [3.63, 3.8) is 0 Å². The third kappa shape index (κ3) is 5.35. The van der Waals surface area contributed by atoms with Crippen molar-refractivity contribution in [2.45, 2.75) is 68.4 Å². The molecule has 0 bridgehead atoms. The van der Waals surface area contributed by atoms with Gasteiger partial charge < -0.3 is 5.11 Å². The van der Waals surface area contributed by atoms with Crippen LogP contribution >= 0.6 is 0 Å². The molecular weight excluding hydrogens is 369 g/mol. The van der Waals surface area contributed by atoms with E-state index in [1.54, 1.807) is 0 Å². The number of rotatable bonds is 10. The Bertz CT molecular complexity index is 389. The average molecular weight is 384 g/mol. The maximum Gasteiger partial charge on any atom is 0.389 e. The van der Waals surface area contributed by atoms with Crippen molar-refractivity contribution in [3.8, 4) is 0 Å². The van der Waals surface area contributed by atoms with Gasteiger partial charge in [0, 0.05) is 12.8 Å². The van der Waals surface area contributed by atoms with Crippen LogP contribution in [0, 0.1) is 0 Å². The zero-order valence-electron chi connectivity index (χ0n) is 12.1. The van der Waals surface area contributed by atoms with Gasteiger partial charge in [0.15, 0.2) is 0 Å². The van der Waals surface area contributed by atoms with Crippen molar-refractivity contribution in [2.75, 3.05) is 6.61 Å². The summed E-state index contributed by atoms with van der Waals surface area (Å²) in [5.41, 5.74) is 0. The Balaban J connectivity index is 4.69. The van der Waals surface area contributed by atoms with E-state index < -0.39 is 68.6 Å². The van der Waals surface area contributed by atoms with Crippen LogP contribution < -0.4 is 0 Å². The molecule has 0 saturated carbocycles. The van der Waals surface area contributed by atoms with Gasteiger partial charge in [-0.3, -0.25) is 0 Å². The molecule has 0 radical (unpaired) electrons. The quantitative estimate of drug-likeness (QED) is 0.394. The molecule has 0 aliphatic heterocycles. The molecule has 1 N–H and O–H groups in total. The Kier molecular flexibility index (Phi) is 7.35. The van der Waals surface area contributed by atoms with E-state index in [1.165, 1.54) is 0 Å². The summed E-state index contributed by atoms with van der Waals surface area (Å²) in [6.45, 7) is -2.76. The lowest BCUT2D eigenvalue weighted by Crippen LogP contribution is -2.63. The van der Waals surface area contributed by atoms with E-state index in [0.29, 0.717) is 0 Å². The highest BCUT2D eigenvalue weighted by molar-refractivity contribution is 5.03.